The second-order valence-electron chi connectivity index (χ2n) is 14.9. The summed E-state index contributed by atoms with van der Waals surface area (Å²) in [5.74, 6) is -1.02. The number of ether oxygens (including phenoxy) is 3. The maximum Gasteiger partial charge on any atom is 0.306 e. The average molecular weight is 805 g/mol. The van der Waals surface area contributed by atoms with Crippen LogP contribution in [0.15, 0.2) is 97.2 Å². The molecule has 6 heteroatoms. The Morgan fingerprint density at radius 3 is 1.12 bits per heavy atom. The molecule has 0 rings (SSSR count). The van der Waals surface area contributed by atoms with Crippen LogP contribution in [0.2, 0.25) is 0 Å². The molecule has 0 saturated heterocycles. The molecule has 0 saturated carbocycles. The maximum absolute atomic E-state index is 12.6. The van der Waals surface area contributed by atoms with E-state index in [2.05, 4.69) is 106 Å². The Morgan fingerprint density at radius 1 is 0.362 bits per heavy atom. The number of allylic oxidation sites excluding steroid dienone is 16. The van der Waals surface area contributed by atoms with Gasteiger partial charge in [-0.25, -0.2) is 0 Å². The van der Waals surface area contributed by atoms with Gasteiger partial charge in [-0.15, -0.1) is 0 Å². The van der Waals surface area contributed by atoms with Crippen molar-refractivity contribution in [3.8, 4) is 0 Å². The highest BCUT2D eigenvalue weighted by Crippen LogP contribution is 2.13. The van der Waals surface area contributed by atoms with E-state index in [1.807, 2.05) is 12.2 Å². The minimum atomic E-state index is -0.815. The summed E-state index contributed by atoms with van der Waals surface area (Å²) in [7, 11) is 0. The molecule has 328 valence electrons. The topological polar surface area (TPSA) is 78.9 Å². The van der Waals surface area contributed by atoms with Crippen molar-refractivity contribution in [2.75, 3.05) is 13.2 Å². The average Bonchev–Trinajstić information content (AvgIpc) is 3.22. The monoisotopic (exact) mass is 805 g/mol. The number of hydrogen-bond donors (Lipinski definition) is 0. The zero-order valence-corrected chi connectivity index (χ0v) is 37.3. The Labute approximate surface area is 356 Å². The summed E-state index contributed by atoms with van der Waals surface area (Å²) in [6.07, 6.45) is 60.0. The fourth-order valence-corrected chi connectivity index (χ4v) is 5.92. The number of esters is 3. The van der Waals surface area contributed by atoms with Crippen LogP contribution in [0.1, 0.15) is 194 Å². The van der Waals surface area contributed by atoms with Gasteiger partial charge in [-0.3, -0.25) is 14.4 Å². The van der Waals surface area contributed by atoms with Gasteiger partial charge < -0.3 is 14.2 Å². The van der Waals surface area contributed by atoms with Gasteiger partial charge in [0, 0.05) is 19.3 Å². The summed E-state index contributed by atoms with van der Waals surface area (Å²) in [6, 6.07) is 0. The third-order valence-corrected chi connectivity index (χ3v) is 9.35. The molecule has 0 bridgehead atoms. The SMILES string of the molecule is CC/C=C\C/C=C\C/C=C\C/C=C\CCCCCCCCCCC(=O)OCC(COC(=O)CCCCCCCC)OC(=O)CC/C=C\C/C=C\C/C=C\C/C=C\CC. The van der Waals surface area contributed by atoms with Gasteiger partial charge in [0.05, 0.1) is 0 Å². The summed E-state index contributed by atoms with van der Waals surface area (Å²) >= 11 is 0. The van der Waals surface area contributed by atoms with Crippen molar-refractivity contribution in [2.45, 2.75) is 200 Å². The molecule has 0 aliphatic carbocycles. The summed E-state index contributed by atoms with van der Waals surface area (Å²) in [5, 5.41) is 0. The first-order valence-corrected chi connectivity index (χ1v) is 23.2. The standard InChI is InChI=1S/C52H84O6/c1-4-7-10-13-16-18-20-22-23-24-25-26-27-28-29-31-32-34-36-39-42-45-51(54)57-48-49(47-56-50(53)44-41-38-15-12-9-6-3)58-52(55)46-43-40-37-35-33-30-21-19-17-14-11-8-5-2/h7-8,10-11,16-19,22-23,25-26,30,33,37,40,49H,4-6,9,12-15,20-21,24,27-29,31-32,34-36,38-39,41-48H2,1-3H3/b10-7-,11-8-,18-16-,19-17-,23-22-,26-25-,33-30-,40-37-. The van der Waals surface area contributed by atoms with Crippen LogP contribution in [-0.4, -0.2) is 37.2 Å². The number of rotatable bonds is 40. The van der Waals surface area contributed by atoms with Gasteiger partial charge in [-0.05, 0) is 83.5 Å². The van der Waals surface area contributed by atoms with Crippen LogP contribution in [0.25, 0.3) is 0 Å². The van der Waals surface area contributed by atoms with Crippen LogP contribution in [-0.2, 0) is 28.6 Å². The molecule has 0 N–H and O–H groups in total. The molecule has 1 atom stereocenters. The molecule has 58 heavy (non-hydrogen) atoms. The van der Waals surface area contributed by atoms with E-state index in [-0.39, 0.29) is 31.6 Å². The lowest BCUT2D eigenvalue weighted by Gasteiger charge is -2.18. The molecule has 0 radical (unpaired) electrons. The van der Waals surface area contributed by atoms with E-state index in [4.69, 9.17) is 14.2 Å². The summed E-state index contributed by atoms with van der Waals surface area (Å²) < 4.78 is 16.6. The summed E-state index contributed by atoms with van der Waals surface area (Å²) in [5.41, 5.74) is 0. The molecule has 0 aromatic carbocycles. The Kier molecular flexibility index (Phi) is 43.1. The van der Waals surface area contributed by atoms with Gasteiger partial charge >= 0.3 is 17.9 Å². The molecule has 0 aliphatic rings. The predicted octanol–water partition coefficient (Wildman–Crippen LogP) is 15.0. The van der Waals surface area contributed by atoms with Crippen LogP contribution in [0.4, 0.5) is 0 Å². The van der Waals surface area contributed by atoms with Gasteiger partial charge in [0.25, 0.3) is 0 Å². The molecule has 0 aromatic rings. The Balaban J connectivity index is 4.31. The van der Waals surface area contributed by atoms with Crippen molar-refractivity contribution in [2.24, 2.45) is 0 Å². The molecule has 0 aromatic heterocycles. The minimum absolute atomic E-state index is 0.110. The van der Waals surface area contributed by atoms with Gasteiger partial charge in [0.15, 0.2) is 6.10 Å². The van der Waals surface area contributed by atoms with E-state index in [1.54, 1.807) is 0 Å². The lowest BCUT2D eigenvalue weighted by atomic mass is 10.1. The zero-order valence-electron chi connectivity index (χ0n) is 37.3. The van der Waals surface area contributed by atoms with Gasteiger partial charge in [0.2, 0.25) is 0 Å². The first-order chi connectivity index (χ1) is 28.5. The molecule has 0 spiro atoms. The van der Waals surface area contributed by atoms with E-state index in [0.717, 1.165) is 96.3 Å². The van der Waals surface area contributed by atoms with Crippen molar-refractivity contribution in [1.29, 1.82) is 0 Å². The third-order valence-electron chi connectivity index (χ3n) is 9.35. The summed E-state index contributed by atoms with van der Waals surface area (Å²) in [4.78, 5) is 37.5. The minimum Gasteiger partial charge on any atom is -0.462 e. The van der Waals surface area contributed by atoms with Crippen molar-refractivity contribution in [3.05, 3.63) is 97.2 Å². The molecule has 0 aliphatic heterocycles. The smallest absolute Gasteiger partial charge is 0.306 e. The lowest BCUT2D eigenvalue weighted by molar-refractivity contribution is -0.166. The van der Waals surface area contributed by atoms with E-state index in [1.165, 1.54) is 51.4 Å². The maximum atomic E-state index is 12.6. The third kappa shape index (κ3) is 43.5. The highest BCUT2D eigenvalue weighted by atomic mass is 16.6. The Morgan fingerprint density at radius 2 is 0.707 bits per heavy atom. The number of hydrogen-bond acceptors (Lipinski definition) is 6. The fourth-order valence-electron chi connectivity index (χ4n) is 5.92. The highest BCUT2D eigenvalue weighted by molar-refractivity contribution is 5.71. The van der Waals surface area contributed by atoms with Crippen LogP contribution >= 0.6 is 0 Å². The number of carbonyl (C=O) groups is 3. The van der Waals surface area contributed by atoms with Crippen LogP contribution in [0, 0.1) is 0 Å². The molecule has 0 fully saturated rings. The molecule has 6 nitrogen and oxygen atoms in total. The quantitative estimate of drug-likeness (QED) is 0.0266. The van der Waals surface area contributed by atoms with Crippen LogP contribution in [0.3, 0.4) is 0 Å². The van der Waals surface area contributed by atoms with Crippen LogP contribution < -0.4 is 0 Å². The largest absolute Gasteiger partial charge is 0.462 e. The van der Waals surface area contributed by atoms with Gasteiger partial charge in [0.1, 0.15) is 13.2 Å². The Hall–Kier alpha value is -3.67. The Bertz CT molecular complexity index is 1200. The first-order valence-electron chi connectivity index (χ1n) is 23.2. The predicted molar refractivity (Wildman–Crippen MR) is 247 cm³/mol. The first kappa shape index (κ1) is 54.3. The molecular weight excluding hydrogens is 721 g/mol. The lowest BCUT2D eigenvalue weighted by Crippen LogP contribution is -2.30. The van der Waals surface area contributed by atoms with Crippen molar-refractivity contribution < 1.29 is 28.6 Å². The summed E-state index contributed by atoms with van der Waals surface area (Å²) in [6.45, 7) is 6.25. The van der Waals surface area contributed by atoms with Crippen molar-refractivity contribution in [1.82, 2.24) is 0 Å². The second kappa shape index (κ2) is 46.0. The number of unbranched alkanes of at least 4 members (excludes halogenated alkanes) is 13. The van der Waals surface area contributed by atoms with Crippen LogP contribution in [0.5, 0.6) is 0 Å². The zero-order chi connectivity index (χ0) is 42.3. The van der Waals surface area contributed by atoms with Gasteiger partial charge in [-0.1, -0.05) is 189 Å². The molecule has 1 unspecified atom stereocenters. The van der Waals surface area contributed by atoms with E-state index < -0.39 is 12.1 Å². The highest BCUT2D eigenvalue weighted by Gasteiger charge is 2.19. The van der Waals surface area contributed by atoms with E-state index >= 15 is 0 Å². The second-order valence-corrected chi connectivity index (χ2v) is 14.9. The number of carbonyl (C=O) groups excluding carboxylic acids is 3. The van der Waals surface area contributed by atoms with Crippen molar-refractivity contribution >= 4 is 17.9 Å². The van der Waals surface area contributed by atoms with E-state index in [0.29, 0.717) is 19.3 Å². The normalized spacial score (nSPS) is 12.9. The fraction of sp³-hybridized carbons (Fsp3) is 0.635. The van der Waals surface area contributed by atoms with E-state index in [9.17, 15) is 14.4 Å². The molecular formula is C52H84O6. The molecule has 0 amide bonds. The van der Waals surface area contributed by atoms with Gasteiger partial charge in [-0.2, -0.15) is 0 Å². The molecule has 0 heterocycles. The van der Waals surface area contributed by atoms with Crippen molar-refractivity contribution in [3.63, 3.8) is 0 Å².